The molecule has 0 bridgehead atoms. The lowest BCUT2D eigenvalue weighted by atomic mass is 9.74. The highest BCUT2D eigenvalue weighted by atomic mass is 32.2. The molecule has 1 nitrogen and oxygen atoms in total. The van der Waals surface area contributed by atoms with Gasteiger partial charge >= 0.3 is 0 Å². The zero-order valence-electron chi connectivity index (χ0n) is 11.9. The third-order valence-corrected chi connectivity index (χ3v) is 5.31. The van der Waals surface area contributed by atoms with Gasteiger partial charge in [-0.1, -0.05) is 42.5 Å². The van der Waals surface area contributed by atoms with Gasteiger partial charge in [-0.15, -0.1) is 11.8 Å². The van der Waals surface area contributed by atoms with Crippen LogP contribution in [0.15, 0.2) is 59.5 Å². The van der Waals surface area contributed by atoms with E-state index >= 15 is 0 Å². The van der Waals surface area contributed by atoms with Gasteiger partial charge in [0.1, 0.15) is 0 Å². The Morgan fingerprint density at radius 3 is 2.60 bits per heavy atom. The summed E-state index contributed by atoms with van der Waals surface area (Å²) in [6, 6.07) is 20.1. The van der Waals surface area contributed by atoms with Crippen molar-refractivity contribution in [3.63, 3.8) is 0 Å². The Balaban J connectivity index is 1.54. The van der Waals surface area contributed by atoms with Crippen molar-refractivity contribution >= 4 is 11.8 Å². The Hall–Kier alpha value is -1.25. The highest BCUT2D eigenvalue weighted by molar-refractivity contribution is 7.99. The molecule has 2 atom stereocenters. The molecule has 2 unspecified atom stereocenters. The number of nitrogens with one attached hydrogen (secondary N) is 1. The summed E-state index contributed by atoms with van der Waals surface area (Å²) in [6.45, 7) is 0. The van der Waals surface area contributed by atoms with E-state index in [4.69, 9.17) is 0 Å². The van der Waals surface area contributed by atoms with E-state index in [0.717, 1.165) is 11.7 Å². The molecule has 0 aliphatic heterocycles. The molecule has 0 amide bonds. The van der Waals surface area contributed by atoms with Crippen molar-refractivity contribution < 1.29 is 0 Å². The summed E-state index contributed by atoms with van der Waals surface area (Å²) >= 11 is 1.95. The normalized spacial score (nSPS) is 18.1. The Kier molecular flexibility index (Phi) is 4.44. The van der Waals surface area contributed by atoms with E-state index in [9.17, 15) is 0 Å². The average molecular weight is 283 g/mol. The second-order valence-electron chi connectivity index (χ2n) is 5.45. The van der Waals surface area contributed by atoms with Gasteiger partial charge in [0, 0.05) is 16.7 Å². The maximum Gasteiger partial charge on any atom is 0.0164 e. The van der Waals surface area contributed by atoms with E-state index in [0.29, 0.717) is 6.04 Å². The van der Waals surface area contributed by atoms with E-state index in [1.54, 1.807) is 11.1 Å². The molecule has 2 aromatic rings. The maximum atomic E-state index is 3.48. The van der Waals surface area contributed by atoms with Crippen LogP contribution in [-0.2, 0) is 6.42 Å². The van der Waals surface area contributed by atoms with E-state index < -0.39 is 0 Å². The third kappa shape index (κ3) is 3.08. The molecule has 0 fully saturated rings. The van der Waals surface area contributed by atoms with Crippen molar-refractivity contribution in [1.82, 2.24) is 5.32 Å². The fourth-order valence-corrected chi connectivity index (χ4v) is 3.95. The Bertz CT molecular complexity index is 552. The molecule has 1 N–H and O–H groups in total. The first-order valence-corrected chi connectivity index (χ1v) is 8.28. The number of hydrogen-bond donors (Lipinski definition) is 1. The summed E-state index contributed by atoms with van der Waals surface area (Å²) in [5.74, 6) is 1.89. The second-order valence-corrected chi connectivity index (χ2v) is 6.54. The predicted molar refractivity (Wildman–Crippen MR) is 87.5 cm³/mol. The number of hydrogen-bond acceptors (Lipinski definition) is 2. The van der Waals surface area contributed by atoms with Gasteiger partial charge in [-0.05, 0) is 49.1 Å². The van der Waals surface area contributed by atoms with Crippen molar-refractivity contribution in [1.29, 1.82) is 0 Å². The van der Waals surface area contributed by atoms with Gasteiger partial charge in [0.25, 0.3) is 0 Å². The van der Waals surface area contributed by atoms with Gasteiger partial charge in [0.05, 0.1) is 0 Å². The van der Waals surface area contributed by atoms with Crippen LogP contribution < -0.4 is 5.32 Å². The molecule has 0 aromatic heterocycles. The first kappa shape index (κ1) is 13.7. The Morgan fingerprint density at radius 1 is 1.10 bits per heavy atom. The average Bonchev–Trinajstić information content (AvgIpc) is 2.49. The van der Waals surface area contributed by atoms with Gasteiger partial charge in [-0.3, -0.25) is 0 Å². The number of benzene rings is 2. The monoisotopic (exact) mass is 283 g/mol. The molecule has 0 spiro atoms. The molecular weight excluding hydrogens is 262 g/mol. The largest absolute Gasteiger partial charge is 0.316 e. The summed E-state index contributed by atoms with van der Waals surface area (Å²) in [4.78, 5) is 1.36. The number of fused-ring (bicyclic) bond motifs is 1. The number of rotatable bonds is 6. The van der Waals surface area contributed by atoms with Crippen LogP contribution in [0.2, 0.25) is 0 Å². The second kappa shape index (κ2) is 6.47. The fraction of sp³-hybridized carbons (Fsp3) is 0.333. The van der Waals surface area contributed by atoms with Crippen LogP contribution >= 0.6 is 11.8 Å². The molecule has 3 rings (SSSR count). The minimum Gasteiger partial charge on any atom is -0.316 e. The molecule has 2 heteroatoms. The maximum absolute atomic E-state index is 3.48. The van der Waals surface area contributed by atoms with Crippen LogP contribution in [0.3, 0.4) is 0 Å². The number of thioether (sulfide) groups is 1. The molecule has 0 saturated heterocycles. The van der Waals surface area contributed by atoms with Crippen LogP contribution in [0.4, 0.5) is 0 Å². The first-order chi connectivity index (χ1) is 9.86. The molecule has 0 heterocycles. The minimum absolute atomic E-state index is 0.582. The van der Waals surface area contributed by atoms with Crippen molar-refractivity contribution in [2.24, 2.45) is 0 Å². The molecule has 0 radical (unpaired) electrons. The molecule has 1 aliphatic rings. The van der Waals surface area contributed by atoms with Crippen molar-refractivity contribution in [2.75, 3.05) is 12.8 Å². The third-order valence-electron chi connectivity index (χ3n) is 4.13. The molecule has 2 aromatic carbocycles. The zero-order valence-corrected chi connectivity index (χ0v) is 12.7. The summed E-state index contributed by atoms with van der Waals surface area (Å²) in [5.41, 5.74) is 3.11. The Morgan fingerprint density at radius 2 is 1.85 bits per heavy atom. The van der Waals surface area contributed by atoms with Crippen molar-refractivity contribution in [3.8, 4) is 0 Å². The SMILES string of the molecule is CNC(CSc1ccccc1)CC1Cc2ccccc21. The fourth-order valence-electron chi connectivity index (χ4n) is 2.90. The van der Waals surface area contributed by atoms with Crippen LogP contribution in [0.1, 0.15) is 23.5 Å². The van der Waals surface area contributed by atoms with Gasteiger partial charge in [-0.2, -0.15) is 0 Å². The van der Waals surface area contributed by atoms with Crippen LogP contribution in [-0.4, -0.2) is 18.8 Å². The Labute approximate surface area is 125 Å². The molecular formula is C18H21NS. The van der Waals surface area contributed by atoms with Gasteiger partial charge < -0.3 is 5.32 Å². The lowest BCUT2D eigenvalue weighted by molar-refractivity contribution is 0.468. The van der Waals surface area contributed by atoms with Crippen LogP contribution in [0.5, 0.6) is 0 Å². The highest BCUT2D eigenvalue weighted by Gasteiger charge is 2.27. The van der Waals surface area contributed by atoms with Crippen LogP contribution in [0, 0.1) is 0 Å². The van der Waals surface area contributed by atoms with Gasteiger partial charge in [-0.25, -0.2) is 0 Å². The predicted octanol–water partition coefficient (Wildman–Crippen LogP) is 4.10. The quantitative estimate of drug-likeness (QED) is 0.801. The lowest BCUT2D eigenvalue weighted by Crippen LogP contribution is -2.32. The topological polar surface area (TPSA) is 12.0 Å². The van der Waals surface area contributed by atoms with Gasteiger partial charge in [0.15, 0.2) is 0 Å². The molecule has 1 aliphatic carbocycles. The molecule has 104 valence electrons. The molecule has 20 heavy (non-hydrogen) atoms. The summed E-state index contributed by atoms with van der Waals surface area (Å²) < 4.78 is 0. The smallest absolute Gasteiger partial charge is 0.0164 e. The first-order valence-electron chi connectivity index (χ1n) is 7.29. The highest BCUT2D eigenvalue weighted by Crippen LogP contribution is 2.38. The van der Waals surface area contributed by atoms with E-state index in [2.05, 4.69) is 67.0 Å². The van der Waals surface area contributed by atoms with E-state index in [1.807, 2.05) is 11.8 Å². The lowest BCUT2D eigenvalue weighted by Gasteiger charge is -2.33. The summed E-state index contributed by atoms with van der Waals surface area (Å²) in [5, 5.41) is 3.48. The van der Waals surface area contributed by atoms with Crippen LogP contribution in [0.25, 0.3) is 0 Å². The van der Waals surface area contributed by atoms with E-state index in [-0.39, 0.29) is 0 Å². The van der Waals surface area contributed by atoms with E-state index in [1.165, 1.54) is 17.7 Å². The summed E-state index contributed by atoms with van der Waals surface area (Å²) in [6.07, 6.45) is 2.50. The summed E-state index contributed by atoms with van der Waals surface area (Å²) in [7, 11) is 2.08. The van der Waals surface area contributed by atoms with Crippen molar-refractivity contribution in [3.05, 3.63) is 65.7 Å². The minimum atomic E-state index is 0.582. The van der Waals surface area contributed by atoms with Crippen molar-refractivity contribution in [2.45, 2.75) is 29.7 Å². The zero-order chi connectivity index (χ0) is 13.8. The molecule has 0 saturated carbocycles. The standard InChI is InChI=1S/C18H21NS/c1-19-16(13-20-17-8-3-2-4-9-17)12-15-11-14-7-5-6-10-18(14)15/h2-10,15-16,19H,11-13H2,1H3. The van der Waals surface area contributed by atoms with Gasteiger partial charge in [0.2, 0.25) is 0 Å².